The van der Waals surface area contributed by atoms with Crippen LogP contribution in [0.15, 0.2) is 46.9 Å². The van der Waals surface area contributed by atoms with Crippen LogP contribution in [0.5, 0.6) is 0 Å². The van der Waals surface area contributed by atoms with Gasteiger partial charge in [0, 0.05) is 16.2 Å². The summed E-state index contributed by atoms with van der Waals surface area (Å²) in [5.74, 6) is -0.272. The maximum absolute atomic E-state index is 11.9. The molecule has 0 radical (unpaired) electrons. The summed E-state index contributed by atoms with van der Waals surface area (Å²) >= 11 is 3.33. The molecule has 0 heterocycles. The molecular formula is C15H14BrN3O3. The molecule has 0 bridgehead atoms. The normalized spacial score (nSPS) is 10.1. The molecule has 0 aliphatic rings. The average Bonchev–Trinajstić information content (AvgIpc) is 2.48. The molecule has 0 saturated carbocycles. The van der Waals surface area contributed by atoms with Gasteiger partial charge in [-0.1, -0.05) is 22.0 Å². The summed E-state index contributed by atoms with van der Waals surface area (Å²) in [6, 6.07) is 12.0. The van der Waals surface area contributed by atoms with Crippen LogP contribution in [0.3, 0.4) is 0 Å². The van der Waals surface area contributed by atoms with Crippen LogP contribution in [0, 0.1) is 17.0 Å². The number of hydrogen-bond donors (Lipinski definition) is 2. The van der Waals surface area contributed by atoms with Gasteiger partial charge in [0.1, 0.15) is 0 Å². The Kier molecular flexibility index (Phi) is 5.11. The summed E-state index contributed by atoms with van der Waals surface area (Å²) in [4.78, 5) is 22.3. The smallest absolute Gasteiger partial charge is 0.274 e. The lowest BCUT2D eigenvalue weighted by molar-refractivity contribution is -0.385. The summed E-state index contributed by atoms with van der Waals surface area (Å²) < 4.78 is 0.953. The van der Waals surface area contributed by atoms with Crippen molar-refractivity contribution in [2.24, 2.45) is 0 Å². The SMILES string of the molecule is Cc1c(NC(=O)CNc2ccc(Br)cc2)cccc1[N+](=O)[O-]. The zero-order valence-electron chi connectivity index (χ0n) is 11.8. The molecule has 0 atom stereocenters. The third-order valence-corrected chi connectivity index (χ3v) is 3.60. The number of carbonyl (C=O) groups is 1. The lowest BCUT2D eigenvalue weighted by Crippen LogP contribution is -2.22. The van der Waals surface area contributed by atoms with Crippen LogP contribution < -0.4 is 10.6 Å². The van der Waals surface area contributed by atoms with E-state index >= 15 is 0 Å². The number of halogens is 1. The van der Waals surface area contributed by atoms with Gasteiger partial charge in [0.25, 0.3) is 5.69 Å². The van der Waals surface area contributed by atoms with Crippen molar-refractivity contribution in [3.05, 3.63) is 62.6 Å². The monoisotopic (exact) mass is 363 g/mol. The molecule has 22 heavy (non-hydrogen) atoms. The number of benzene rings is 2. The second kappa shape index (κ2) is 7.04. The number of amides is 1. The van der Waals surface area contributed by atoms with Gasteiger partial charge in [-0.25, -0.2) is 0 Å². The predicted molar refractivity (Wildman–Crippen MR) is 89.1 cm³/mol. The number of rotatable bonds is 5. The molecule has 0 unspecified atom stereocenters. The molecule has 0 spiro atoms. The third kappa shape index (κ3) is 4.05. The van der Waals surface area contributed by atoms with E-state index in [-0.39, 0.29) is 18.1 Å². The number of nitro groups is 1. The summed E-state index contributed by atoms with van der Waals surface area (Å²) in [5, 5.41) is 16.5. The summed E-state index contributed by atoms with van der Waals surface area (Å²) in [6.45, 7) is 1.68. The van der Waals surface area contributed by atoms with E-state index in [2.05, 4.69) is 26.6 Å². The summed E-state index contributed by atoms with van der Waals surface area (Å²) in [6.07, 6.45) is 0. The minimum absolute atomic E-state index is 0.0151. The Labute approximate surface area is 135 Å². The number of carbonyl (C=O) groups excluding carboxylic acids is 1. The molecule has 114 valence electrons. The highest BCUT2D eigenvalue weighted by atomic mass is 79.9. The van der Waals surface area contributed by atoms with Crippen LogP contribution in [0.1, 0.15) is 5.56 Å². The Morgan fingerprint density at radius 1 is 1.23 bits per heavy atom. The molecule has 0 aromatic heterocycles. The number of nitrogens with one attached hydrogen (secondary N) is 2. The van der Waals surface area contributed by atoms with Crippen molar-refractivity contribution in [3.8, 4) is 0 Å². The molecule has 1 amide bonds. The van der Waals surface area contributed by atoms with E-state index in [4.69, 9.17) is 0 Å². The summed E-state index contributed by atoms with van der Waals surface area (Å²) in [5.41, 5.74) is 1.68. The van der Waals surface area contributed by atoms with Crippen LogP contribution >= 0.6 is 15.9 Å². The van der Waals surface area contributed by atoms with Crippen molar-refractivity contribution >= 4 is 38.9 Å². The van der Waals surface area contributed by atoms with Crippen molar-refractivity contribution in [1.82, 2.24) is 0 Å². The maximum atomic E-state index is 11.9. The topological polar surface area (TPSA) is 84.3 Å². The van der Waals surface area contributed by atoms with Gasteiger partial charge >= 0.3 is 0 Å². The van der Waals surface area contributed by atoms with Crippen molar-refractivity contribution in [3.63, 3.8) is 0 Å². The van der Waals surface area contributed by atoms with E-state index in [0.29, 0.717) is 11.3 Å². The zero-order chi connectivity index (χ0) is 16.1. The second-order valence-corrected chi connectivity index (χ2v) is 5.53. The Morgan fingerprint density at radius 2 is 1.91 bits per heavy atom. The first-order valence-electron chi connectivity index (χ1n) is 6.50. The Hall–Kier alpha value is -2.41. The molecule has 6 nitrogen and oxygen atoms in total. The average molecular weight is 364 g/mol. The zero-order valence-corrected chi connectivity index (χ0v) is 13.4. The fraction of sp³-hybridized carbons (Fsp3) is 0.133. The fourth-order valence-corrected chi connectivity index (χ4v) is 2.17. The van der Waals surface area contributed by atoms with E-state index in [1.54, 1.807) is 19.1 Å². The van der Waals surface area contributed by atoms with Gasteiger partial charge in [-0.2, -0.15) is 0 Å². The van der Waals surface area contributed by atoms with Crippen molar-refractivity contribution in [2.45, 2.75) is 6.92 Å². The van der Waals surface area contributed by atoms with Crippen LogP contribution in [0.2, 0.25) is 0 Å². The highest BCUT2D eigenvalue weighted by Crippen LogP contribution is 2.24. The standard InChI is InChI=1S/C15H14BrN3O3/c1-10-13(3-2-4-14(10)19(21)22)18-15(20)9-17-12-7-5-11(16)6-8-12/h2-8,17H,9H2,1H3,(H,18,20). The molecule has 0 saturated heterocycles. The molecule has 0 fully saturated rings. The number of nitro benzene ring substituents is 1. The molecule has 0 aliphatic carbocycles. The number of hydrogen-bond acceptors (Lipinski definition) is 4. The highest BCUT2D eigenvalue weighted by Gasteiger charge is 2.14. The first-order valence-corrected chi connectivity index (χ1v) is 7.30. The Morgan fingerprint density at radius 3 is 2.55 bits per heavy atom. The van der Waals surface area contributed by atoms with Crippen LogP contribution in [-0.4, -0.2) is 17.4 Å². The molecular weight excluding hydrogens is 350 g/mol. The highest BCUT2D eigenvalue weighted by molar-refractivity contribution is 9.10. The lowest BCUT2D eigenvalue weighted by atomic mass is 10.1. The van der Waals surface area contributed by atoms with Crippen LogP contribution in [0.4, 0.5) is 17.1 Å². The quantitative estimate of drug-likeness (QED) is 0.626. The molecule has 2 N–H and O–H groups in total. The molecule has 2 aromatic carbocycles. The largest absolute Gasteiger partial charge is 0.376 e. The van der Waals surface area contributed by atoms with E-state index in [1.807, 2.05) is 24.3 Å². The Bertz CT molecular complexity index is 702. The molecule has 7 heteroatoms. The van der Waals surface area contributed by atoms with Crippen LogP contribution in [-0.2, 0) is 4.79 Å². The van der Waals surface area contributed by atoms with Gasteiger partial charge in [-0.05, 0) is 37.3 Å². The first-order chi connectivity index (χ1) is 10.5. The van der Waals surface area contributed by atoms with E-state index in [0.717, 1.165) is 10.2 Å². The van der Waals surface area contributed by atoms with Gasteiger partial charge in [0.15, 0.2) is 0 Å². The second-order valence-electron chi connectivity index (χ2n) is 4.62. The minimum Gasteiger partial charge on any atom is -0.376 e. The van der Waals surface area contributed by atoms with Gasteiger partial charge < -0.3 is 10.6 Å². The predicted octanol–water partition coefficient (Wildman–Crippen LogP) is 3.72. The van der Waals surface area contributed by atoms with E-state index in [1.165, 1.54) is 6.07 Å². The first kappa shape index (κ1) is 16.0. The third-order valence-electron chi connectivity index (χ3n) is 3.07. The van der Waals surface area contributed by atoms with E-state index < -0.39 is 4.92 Å². The molecule has 2 rings (SSSR count). The van der Waals surface area contributed by atoms with Gasteiger partial charge in [0.05, 0.1) is 22.7 Å². The van der Waals surface area contributed by atoms with Crippen molar-refractivity contribution in [2.75, 3.05) is 17.2 Å². The van der Waals surface area contributed by atoms with Crippen molar-refractivity contribution in [1.29, 1.82) is 0 Å². The van der Waals surface area contributed by atoms with Gasteiger partial charge in [-0.15, -0.1) is 0 Å². The van der Waals surface area contributed by atoms with Crippen LogP contribution in [0.25, 0.3) is 0 Å². The van der Waals surface area contributed by atoms with Gasteiger partial charge in [-0.3, -0.25) is 14.9 Å². The molecule has 0 aliphatic heterocycles. The van der Waals surface area contributed by atoms with Crippen molar-refractivity contribution < 1.29 is 9.72 Å². The summed E-state index contributed by atoms with van der Waals surface area (Å²) in [7, 11) is 0. The van der Waals surface area contributed by atoms with E-state index in [9.17, 15) is 14.9 Å². The number of anilines is 2. The lowest BCUT2D eigenvalue weighted by Gasteiger charge is -2.10. The minimum atomic E-state index is -0.467. The Balaban J connectivity index is 1.99. The molecule has 2 aromatic rings. The fourth-order valence-electron chi connectivity index (χ4n) is 1.90. The van der Waals surface area contributed by atoms with Gasteiger partial charge in [0.2, 0.25) is 5.91 Å². The maximum Gasteiger partial charge on any atom is 0.274 e. The number of nitrogens with zero attached hydrogens (tertiary/aromatic N) is 1.